The maximum Gasteiger partial charge on any atom is 0.300 e. The molecule has 0 spiro atoms. The zero-order valence-corrected chi connectivity index (χ0v) is 12.4. The molecule has 23 heavy (non-hydrogen) atoms. The maximum atomic E-state index is 11.2. The second-order valence-electron chi connectivity index (χ2n) is 4.94. The van der Waals surface area contributed by atoms with E-state index in [4.69, 9.17) is 0 Å². The van der Waals surface area contributed by atoms with Gasteiger partial charge in [0.2, 0.25) is 0 Å². The number of hydrogen-bond acceptors (Lipinski definition) is 6. The molecule has 0 unspecified atom stereocenters. The Kier molecular flexibility index (Phi) is 4.23. The van der Waals surface area contributed by atoms with Crippen LogP contribution >= 0.6 is 0 Å². The molecular weight excluding hydrogens is 300 g/mol. The summed E-state index contributed by atoms with van der Waals surface area (Å²) in [6.45, 7) is 3.81. The van der Waals surface area contributed by atoms with Gasteiger partial charge in [-0.15, -0.1) is 0 Å². The molecule has 0 aliphatic heterocycles. The van der Waals surface area contributed by atoms with Crippen molar-refractivity contribution in [2.24, 2.45) is 0 Å². The predicted octanol–water partition coefficient (Wildman–Crippen LogP) is 3.74. The van der Waals surface area contributed by atoms with E-state index in [1.54, 1.807) is 18.2 Å². The first-order chi connectivity index (χ1) is 10.8. The van der Waals surface area contributed by atoms with Crippen LogP contribution < -0.4 is 5.32 Å². The number of nitro benzene ring substituents is 2. The summed E-state index contributed by atoms with van der Waals surface area (Å²) in [5.74, 6) is 0. The van der Waals surface area contributed by atoms with Gasteiger partial charge in [0.15, 0.2) is 0 Å². The molecule has 1 N–H and O–H groups in total. The van der Waals surface area contributed by atoms with E-state index in [1.165, 1.54) is 0 Å². The zero-order valence-electron chi connectivity index (χ0n) is 12.4. The number of nitrogens with one attached hydrogen (secondary N) is 1. The first-order valence-corrected chi connectivity index (χ1v) is 6.54. The molecule has 8 heteroatoms. The number of benzene rings is 2. The Morgan fingerprint density at radius 2 is 1.74 bits per heavy atom. The van der Waals surface area contributed by atoms with E-state index in [9.17, 15) is 25.5 Å². The molecule has 8 nitrogen and oxygen atoms in total. The van der Waals surface area contributed by atoms with Crippen LogP contribution in [-0.4, -0.2) is 9.85 Å². The van der Waals surface area contributed by atoms with E-state index in [0.29, 0.717) is 5.69 Å². The van der Waals surface area contributed by atoms with Crippen LogP contribution in [-0.2, 0) is 0 Å². The summed E-state index contributed by atoms with van der Waals surface area (Å²) >= 11 is 0. The third-order valence-electron chi connectivity index (χ3n) is 3.41. The highest BCUT2D eigenvalue weighted by atomic mass is 16.6. The van der Waals surface area contributed by atoms with Crippen LogP contribution in [0.4, 0.5) is 22.7 Å². The molecule has 0 aliphatic rings. The lowest BCUT2D eigenvalue weighted by Gasteiger charge is -2.10. The summed E-state index contributed by atoms with van der Waals surface area (Å²) in [6, 6.07) is 8.94. The molecule has 2 aromatic carbocycles. The normalized spacial score (nSPS) is 9.96. The predicted molar refractivity (Wildman–Crippen MR) is 83.7 cm³/mol. The van der Waals surface area contributed by atoms with Crippen LogP contribution in [0.25, 0.3) is 0 Å². The fourth-order valence-electron chi connectivity index (χ4n) is 2.04. The molecular formula is C15H12N4O4. The van der Waals surface area contributed by atoms with Crippen molar-refractivity contribution in [3.8, 4) is 6.07 Å². The number of non-ortho nitro benzene ring substituents is 1. The summed E-state index contributed by atoms with van der Waals surface area (Å²) < 4.78 is 0. The van der Waals surface area contributed by atoms with Crippen LogP contribution in [0, 0.1) is 45.4 Å². The summed E-state index contributed by atoms with van der Waals surface area (Å²) in [6.07, 6.45) is 0. The summed E-state index contributed by atoms with van der Waals surface area (Å²) in [7, 11) is 0. The van der Waals surface area contributed by atoms with Gasteiger partial charge < -0.3 is 5.32 Å². The highest BCUT2D eigenvalue weighted by molar-refractivity contribution is 5.78. The molecule has 0 atom stereocenters. The lowest BCUT2D eigenvalue weighted by molar-refractivity contribution is -0.393. The largest absolute Gasteiger partial charge is 0.349 e. The zero-order chi connectivity index (χ0) is 17.1. The van der Waals surface area contributed by atoms with Crippen molar-refractivity contribution in [1.82, 2.24) is 0 Å². The van der Waals surface area contributed by atoms with Crippen LogP contribution in [0.1, 0.15) is 16.7 Å². The fourth-order valence-corrected chi connectivity index (χ4v) is 2.04. The fraction of sp³-hybridized carbons (Fsp3) is 0.133. The molecule has 0 amide bonds. The van der Waals surface area contributed by atoms with Crippen molar-refractivity contribution >= 4 is 22.7 Å². The van der Waals surface area contributed by atoms with Gasteiger partial charge in [-0.2, -0.15) is 5.26 Å². The molecule has 0 fully saturated rings. The Morgan fingerprint density at radius 3 is 2.26 bits per heavy atom. The first-order valence-electron chi connectivity index (χ1n) is 6.54. The quantitative estimate of drug-likeness (QED) is 0.677. The van der Waals surface area contributed by atoms with Gasteiger partial charge in [0, 0.05) is 11.8 Å². The van der Waals surface area contributed by atoms with Crippen LogP contribution in [0.15, 0.2) is 30.3 Å². The highest BCUT2D eigenvalue weighted by Gasteiger charge is 2.24. The number of nitro groups is 2. The molecule has 116 valence electrons. The molecule has 0 aromatic heterocycles. The van der Waals surface area contributed by atoms with Gasteiger partial charge in [0.25, 0.3) is 5.69 Å². The van der Waals surface area contributed by atoms with Crippen LogP contribution in [0.2, 0.25) is 0 Å². The van der Waals surface area contributed by atoms with Gasteiger partial charge in [0.05, 0.1) is 21.5 Å². The number of hydrogen-bond donors (Lipinski definition) is 1. The van der Waals surface area contributed by atoms with Crippen molar-refractivity contribution in [2.75, 3.05) is 5.32 Å². The van der Waals surface area contributed by atoms with Gasteiger partial charge in [-0.05, 0) is 37.1 Å². The Morgan fingerprint density at radius 1 is 1.04 bits per heavy atom. The Labute approximate surface area is 131 Å². The van der Waals surface area contributed by atoms with Crippen LogP contribution in [0.3, 0.4) is 0 Å². The summed E-state index contributed by atoms with van der Waals surface area (Å²) in [5.41, 5.74) is 1.33. The van der Waals surface area contributed by atoms with E-state index >= 15 is 0 Å². The Balaban J connectivity index is 2.60. The summed E-state index contributed by atoms with van der Waals surface area (Å²) in [4.78, 5) is 20.5. The Bertz CT molecular complexity index is 855. The van der Waals surface area contributed by atoms with Gasteiger partial charge in [-0.1, -0.05) is 6.07 Å². The minimum absolute atomic E-state index is 0.0636. The third-order valence-corrected chi connectivity index (χ3v) is 3.41. The van der Waals surface area contributed by atoms with Gasteiger partial charge in [0.1, 0.15) is 11.8 Å². The molecule has 0 heterocycles. The van der Waals surface area contributed by atoms with Gasteiger partial charge in [-0.3, -0.25) is 20.2 Å². The average molecular weight is 312 g/mol. The standard InChI is InChI=1S/C15H12N4O4/c1-9-3-4-12(5-10(9)2)17-15-11(8-16)6-13(18(20)21)7-14(15)19(22)23/h3-7,17H,1-2H3. The topological polar surface area (TPSA) is 122 Å². The second-order valence-corrected chi connectivity index (χ2v) is 4.94. The van der Waals surface area contributed by atoms with E-state index in [-0.39, 0.29) is 11.3 Å². The molecule has 0 aliphatic carbocycles. The number of aryl methyl sites for hydroxylation is 2. The minimum atomic E-state index is -0.770. The van der Waals surface area contributed by atoms with Crippen LogP contribution in [0.5, 0.6) is 0 Å². The molecule has 2 rings (SSSR count). The van der Waals surface area contributed by atoms with Crippen molar-refractivity contribution in [3.63, 3.8) is 0 Å². The smallest absolute Gasteiger partial charge is 0.300 e. The first kappa shape index (κ1) is 15.9. The van der Waals surface area contributed by atoms with E-state index < -0.39 is 21.2 Å². The van der Waals surface area contributed by atoms with Gasteiger partial charge >= 0.3 is 5.69 Å². The van der Waals surface area contributed by atoms with Crippen molar-refractivity contribution in [2.45, 2.75) is 13.8 Å². The Hall–Kier alpha value is -3.47. The molecule has 0 saturated carbocycles. The van der Waals surface area contributed by atoms with Gasteiger partial charge in [-0.25, -0.2) is 0 Å². The molecule has 2 aromatic rings. The van der Waals surface area contributed by atoms with E-state index in [0.717, 1.165) is 23.3 Å². The molecule has 0 radical (unpaired) electrons. The van der Waals surface area contributed by atoms with Crippen molar-refractivity contribution in [1.29, 1.82) is 5.26 Å². The van der Waals surface area contributed by atoms with E-state index in [1.807, 2.05) is 19.9 Å². The SMILES string of the molecule is Cc1ccc(Nc2c(C#N)cc([N+](=O)[O-])cc2[N+](=O)[O-])cc1C. The molecule has 0 saturated heterocycles. The summed E-state index contributed by atoms with van der Waals surface area (Å²) in [5, 5.41) is 34.1. The van der Waals surface area contributed by atoms with Crippen molar-refractivity contribution < 1.29 is 9.85 Å². The molecule has 0 bridgehead atoms. The average Bonchev–Trinajstić information content (AvgIpc) is 2.50. The highest BCUT2D eigenvalue weighted by Crippen LogP contribution is 2.35. The maximum absolute atomic E-state index is 11.2. The lowest BCUT2D eigenvalue weighted by Crippen LogP contribution is -2.02. The minimum Gasteiger partial charge on any atom is -0.349 e. The number of anilines is 2. The third kappa shape index (κ3) is 3.24. The monoisotopic (exact) mass is 312 g/mol. The number of nitrogens with zero attached hydrogens (tertiary/aromatic N) is 3. The lowest BCUT2D eigenvalue weighted by atomic mass is 10.1. The second kappa shape index (κ2) is 6.11. The number of rotatable bonds is 4. The van der Waals surface area contributed by atoms with E-state index in [2.05, 4.69) is 5.32 Å². The number of nitriles is 1. The van der Waals surface area contributed by atoms with Crippen molar-refractivity contribution in [3.05, 3.63) is 67.3 Å².